The lowest BCUT2D eigenvalue weighted by molar-refractivity contribution is -0.385. The number of rotatable bonds is 7. The Hall–Kier alpha value is -3.00. The van der Waals surface area contributed by atoms with Crippen molar-refractivity contribution >= 4 is 5.69 Å². The molecule has 0 saturated carbocycles. The first kappa shape index (κ1) is 19.8. The number of fused-ring (bicyclic) bond motifs is 1. The van der Waals surface area contributed by atoms with Gasteiger partial charge in [-0.15, -0.1) is 0 Å². The second kappa shape index (κ2) is 8.35. The number of nitrogens with one attached hydrogen (secondary N) is 1. The summed E-state index contributed by atoms with van der Waals surface area (Å²) in [5, 5.41) is 15.1. The molecule has 0 radical (unpaired) electrons. The standard InChI is InChI=1S/C20H24N2O6/c1-5-28-19-9-13-12(8-16(19)25-2)6-7-21-20(13)14-10-17(26-3)18(27-4)11-15(14)22(23)24/h8-11,20-21H,5-7H2,1-4H3. The zero-order chi connectivity index (χ0) is 20.3. The third-order valence-corrected chi connectivity index (χ3v) is 4.82. The van der Waals surface area contributed by atoms with Crippen LogP contribution in [0.25, 0.3) is 0 Å². The highest BCUT2D eigenvalue weighted by molar-refractivity contribution is 5.59. The van der Waals surface area contributed by atoms with Crippen molar-refractivity contribution in [1.29, 1.82) is 0 Å². The van der Waals surface area contributed by atoms with Crippen molar-refractivity contribution < 1.29 is 23.9 Å². The summed E-state index contributed by atoms with van der Waals surface area (Å²) in [6.45, 7) is 3.07. The van der Waals surface area contributed by atoms with Crippen molar-refractivity contribution in [2.24, 2.45) is 0 Å². The lowest BCUT2D eigenvalue weighted by Gasteiger charge is -2.29. The van der Waals surface area contributed by atoms with E-state index in [1.165, 1.54) is 20.3 Å². The maximum Gasteiger partial charge on any atom is 0.278 e. The quantitative estimate of drug-likeness (QED) is 0.575. The molecule has 0 fully saturated rings. The van der Waals surface area contributed by atoms with Crippen molar-refractivity contribution in [3.8, 4) is 23.0 Å². The number of nitrogens with zero attached hydrogens (tertiary/aromatic N) is 1. The minimum absolute atomic E-state index is 0.0308. The molecule has 0 amide bonds. The van der Waals surface area contributed by atoms with Crippen molar-refractivity contribution in [3.63, 3.8) is 0 Å². The summed E-state index contributed by atoms with van der Waals surface area (Å²) in [5.74, 6) is 2.03. The van der Waals surface area contributed by atoms with Gasteiger partial charge in [-0.3, -0.25) is 10.1 Å². The second-order valence-electron chi connectivity index (χ2n) is 6.30. The first-order valence-electron chi connectivity index (χ1n) is 9.01. The lowest BCUT2D eigenvalue weighted by Crippen LogP contribution is -2.31. The van der Waals surface area contributed by atoms with E-state index in [2.05, 4.69) is 5.32 Å². The number of hydrogen-bond donors (Lipinski definition) is 1. The third-order valence-electron chi connectivity index (χ3n) is 4.82. The SMILES string of the molecule is CCOc1cc2c(cc1OC)CCNC2c1cc(OC)c(OC)cc1[N+](=O)[O-]. The third kappa shape index (κ3) is 3.55. The van der Waals surface area contributed by atoms with Crippen LogP contribution >= 0.6 is 0 Å². The molecule has 0 bridgehead atoms. The molecule has 28 heavy (non-hydrogen) atoms. The van der Waals surface area contributed by atoms with Gasteiger partial charge in [-0.05, 0) is 42.7 Å². The fourth-order valence-corrected chi connectivity index (χ4v) is 3.54. The predicted molar refractivity (Wildman–Crippen MR) is 104 cm³/mol. The molecule has 2 aromatic rings. The van der Waals surface area contributed by atoms with Crippen LogP contribution in [0, 0.1) is 10.1 Å². The van der Waals surface area contributed by atoms with Crippen molar-refractivity contribution in [2.75, 3.05) is 34.5 Å². The Balaban J connectivity index is 2.19. The Labute approximate surface area is 163 Å². The number of nitro benzene ring substituents is 1. The molecular weight excluding hydrogens is 364 g/mol. The summed E-state index contributed by atoms with van der Waals surface area (Å²) in [5.41, 5.74) is 2.46. The first-order chi connectivity index (χ1) is 13.5. The van der Waals surface area contributed by atoms with E-state index in [9.17, 15) is 10.1 Å². The predicted octanol–water partition coefficient (Wildman–Crippen LogP) is 3.25. The van der Waals surface area contributed by atoms with Gasteiger partial charge < -0.3 is 24.3 Å². The van der Waals surface area contributed by atoms with Gasteiger partial charge in [-0.1, -0.05) is 0 Å². The van der Waals surface area contributed by atoms with Crippen molar-refractivity contribution in [1.82, 2.24) is 5.32 Å². The van der Waals surface area contributed by atoms with Crippen LogP contribution in [0.2, 0.25) is 0 Å². The van der Waals surface area contributed by atoms with Crippen LogP contribution in [0.4, 0.5) is 5.69 Å². The maximum atomic E-state index is 11.8. The fraction of sp³-hybridized carbons (Fsp3) is 0.400. The molecular formula is C20H24N2O6. The molecule has 2 aromatic carbocycles. The van der Waals surface area contributed by atoms with Gasteiger partial charge >= 0.3 is 0 Å². The van der Waals surface area contributed by atoms with E-state index in [1.807, 2.05) is 19.1 Å². The molecule has 1 aliphatic rings. The lowest BCUT2D eigenvalue weighted by atomic mass is 9.88. The fourth-order valence-electron chi connectivity index (χ4n) is 3.54. The summed E-state index contributed by atoms with van der Waals surface area (Å²) in [6.07, 6.45) is 0.787. The van der Waals surface area contributed by atoms with Crippen LogP contribution in [0.15, 0.2) is 24.3 Å². The minimum atomic E-state index is -0.403. The zero-order valence-corrected chi connectivity index (χ0v) is 16.4. The van der Waals surface area contributed by atoms with Crippen LogP contribution < -0.4 is 24.3 Å². The molecule has 0 aliphatic carbocycles. The van der Waals surface area contributed by atoms with Crippen LogP contribution in [0.5, 0.6) is 23.0 Å². The zero-order valence-electron chi connectivity index (χ0n) is 16.4. The minimum Gasteiger partial charge on any atom is -0.493 e. The maximum absolute atomic E-state index is 11.8. The first-order valence-corrected chi connectivity index (χ1v) is 9.01. The van der Waals surface area contributed by atoms with Crippen LogP contribution in [0.1, 0.15) is 29.7 Å². The van der Waals surface area contributed by atoms with Crippen LogP contribution in [-0.2, 0) is 6.42 Å². The van der Waals surface area contributed by atoms with Gasteiger partial charge in [0.1, 0.15) is 0 Å². The second-order valence-corrected chi connectivity index (χ2v) is 6.30. The van der Waals surface area contributed by atoms with E-state index in [0.717, 1.165) is 17.5 Å². The molecule has 1 atom stereocenters. The Morgan fingerprint density at radius 3 is 2.21 bits per heavy atom. The molecule has 150 valence electrons. The monoisotopic (exact) mass is 388 g/mol. The Morgan fingerprint density at radius 1 is 1.00 bits per heavy atom. The summed E-state index contributed by atoms with van der Waals surface area (Å²) < 4.78 is 21.8. The normalized spacial score (nSPS) is 15.5. The summed E-state index contributed by atoms with van der Waals surface area (Å²) >= 11 is 0. The van der Waals surface area contributed by atoms with E-state index in [0.29, 0.717) is 41.7 Å². The van der Waals surface area contributed by atoms with E-state index < -0.39 is 4.92 Å². The molecule has 0 spiro atoms. The summed E-state index contributed by atoms with van der Waals surface area (Å²) in [6, 6.07) is 6.52. The number of nitro groups is 1. The number of benzene rings is 2. The van der Waals surface area contributed by atoms with Crippen molar-refractivity contribution in [2.45, 2.75) is 19.4 Å². The molecule has 1 unspecified atom stereocenters. The van der Waals surface area contributed by atoms with Gasteiger partial charge in [0.2, 0.25) is 0 Å². The Morgan fingerprint density at radius 2 is 1.61 bits per heavy atom. The highest BCUT2D eigenvalue weighted by atomic mass is 16.6. The Bertz CT molecular complexity index is 883. The van der Waals surface area contributed by atoms with Crippen LogP contribution in [-0.4, -0.2) is 39.4 Å². The average molecular weight is 388 g/mol. The number of hydrogen-bond acceptors (Lipinski definition) is 7. The smallest absolute Gasteiger partial charge is 0.278 e. The highest BCUT2D eigenvalue weighted by Crippen LogP contribution is 2.43. The van der Waals surface area contributed by atoms with E-state index in [1.54, 1.807) is 13.2 Å². The average Bonchev–Trinajstić information content (AvgIpc) is 2.71. The van der Waals surface area contributed by atoms with E-state index in [4.69, 9.17) is 18.9 Å². The van der Waals surface area contributed by atoms with Gasteiger partial charge in [0.15, 0.2) is 23.0 Å². The molecule has 0 aromatic heterocycles. The van der Waals surface area contributed by atoms with Gasteiger partial charge in [0, 0.05) is 6.54 Å². The topological polar surface area (TPSA) is 92.1 Å². The molecule has 8 heteroatoms. The van der Waals surface area contributed by atoms with E-state index >= 15 is 0 Å². The molecule has 8 nitrogen and oxygen atoms in total. The molecule has 1 N–H and O–H groups in total. The largest absolute Gasteiger partial charge is 0.493 e. The number of ether oxygens (including phenoxy) is 4. The van der Waals surface area contributed by atoms with Gasteiger partial charge in [-0.25, -0.2) is 0 Å². The van der Waals surface area contributed by atoms with Gasteiger partial charge in [0.05, 0.1) is 50.5 Å². The van der Waals surface area contributed by atoms with Gasteiger partial charge in [0.25, 0.3) is 5.69 Å². The molecule has 0 saturated heterocycles. The number of methoxy groups -OCH3 is 3. The molecule has 1 aliphatic heterocycles. The molecule has 1 heterocycles. The molecule has 3 rings (SSSR count). The van der Waals surface area contributed by atoms with Crippen molar-refractivity contribution in [3.05, 3.63) is 51.1 Å². The highest BCUT2D eigenvalue weighted by Gasteiger charge is 2.31. The summed E-state index contributed by atoms with van der Waals surface area (Å²) in [7, 11) is 4.56. The van der Waals surface area contributed by atoms with E-state index in [-0.39, 0.29) is 11.7 Å². The van der Waals surface area contributed by atoms with Gasteiger partial charge in [-0.2, -0.15) is 0 Å². The Kier molecular flexibility index (Phi) is 5.89. The van der Waals surface area contributed by atoms with Crippen LogP contribution in [0.3, 0.4) is 0 Å². The summed E-state index contributed by atoms with van der Waals surface area (Å²) in [4.78, 5) is 11.3.